The number of carbonyl (C=O) groups excluding carboxylic acids is 2. The van der Waals surface area contributed by atoms with Gasteiger partial charge in [0.2, 0.25) is 5.91 Å². The molecule has 3 amide bonds. The van der Waals surface area contributed by atoms with E-state index in [1.165, 1.54) is 0 Å². The van der Waals surface area contributed by atoms with Crippen LogP contribution in [0.4, 0.5) is 10.6 Å². The summed E-state index contributed by atoms with van der Waals surface area (Å²) in [5.41, 5.74) is 2.08. The molecule has 1 atom stereocenters. The van der Waals surface area contributed by atoms with Crippen molar-refractivity contribution >= 4 is 17.8 Å². The third-order valence-corrected chi connectivity index (χ3v) is 4.19. The van der Waals surface area contributed by atoms with E-state index in [0.717, 1.165) is 42.9 Å². The Bertz CT molecular complexity index is 581. The van der Waals surface area contributed by atoms with Gasteiger partial charge in [0.05, 0.1) is 11.7 Å². The van der Waals surface area contributed by atoms with Gasteiger partial charge in [-0.05, 0) is 19.3 Å². The lowest BCUT2D eigenvalue weighted by Crippen LogP contribution is -2.40. The lowest BCUT2D eigenvalue weighted by atomic mass is 10.1. The van der Waals surface area contributed by atoms with Crippen LogP contribution >= 0.6 is 0 Å². The number of likely N-dealkylation sites (tertiary alicyclic amines) is 1. The highest BCUT2D eigenvalue weighted by atomic mass is 16.2. The SMILES string of the molecule is CCCN1C[C@@H](NC(=O)Nc2c(CC)c(CC)nn2C)CC1=O. The molecule has 1 aliphatic rings. The number of nitrogens with one attached hydrogen (secondary N) is 2. The van der Waals surface area contributed by atoms with E-state index in [1.54, 1.807) is 4.68 Å². The summed E-state index contributed by atoms with van der Waals surface area (Å²) in [4.78, 5) is 25.9. The number of urea groups is 1. The van der Waals surface area contributed by atoms with Crippen molar-refractivity contribution in [3.63, 3.8) is 0 Å². The molecule has 0 aliphatic carbocycles. The summed E-state index contributed by atoms with van der Waals surface area (Å²) >= 11 is 0. The van der Waals surface area contributed by atoms with Gasteiger partial charge in [0.1, 0.15) is 5.82 Å². The van der Waals surface area contributed by atoms with Crippen molar-refractivity contribution in [3.8, 4) is 0 Å². The van der Waals surface area contributed by atoms with Crippen LogP contribution in [0.3, 0.4) is 0 Å². The molecule has 0 radical (unpaired) electrons. The molecule has 1 saturated heterocycles. The fourth-order valence-corrected chi connectivity index (χ4v) is 3.12. The van der Waals surface area contributed by atoms with Crippen LogP contribution in [0.2, 0.25) is 0 Å². The molecule has 23 heavy (non-hydrogen) atoms. The molecule has 1 fully saturated rings. The molecule has 1 aromatic rings. The van der Waals surface area contributed by atoms with E-state index in [4.69, 9.17) is 0 Å². The predicted molar refractivity (Wildman–Crippen MR) is 89.4 cm³/mol. The Morgan fingerprint density at radius 3 is 2.65 bits per heavy atom. The van der Waals surface area contributed by atoms with Crippen molar-refractivity contribution in [2.45, 2.75) is 52.5 Å². The first kappa shape index (κ1) is 17.3. The number of hydrogen-bond donors (Lipinski definition) is 2. The molecule has 2 rings (SSSR count). The van der Waals surface area contributed by atoms with E-state index >= 15 is 0 Å². The minimum Gasteiger partial charge on any atom is -0.341 e. The second-order valence-corrected chi connectivity index (χ2v) is 5.94. The summed E-state index contributed by atoms with van der Waals surface area (Å²) < 4.78 is 1.71. The van der Waals surface area contributed by atoms with Gasteiger partial charge in [-0.25, -0.2) is 4.79 Å². The van der Waals surface area contributed by atoms with Crippen molar-refractivity contribution in [1.29, 1.82) is 0 Å². The van der Waals surface area contributed by atoms with Gasteiger partial charge in [0.15, 0.2) is 0 Å². The Morgan fingerprint density at radius 1 is 1.30 bits per heavy atom. The molecule has 0 bridgehead atoms. The highest BCUT2D eigenvalue weighted by Crippen LogP contribution is 2.20. The van der Waals surface area contributed by atoms with Crippen LogP contribution in [0.15, 0.2) is 0 Å². The summed E-state index contributed by atoms with van der Waals surface area (Å²) in [5, 5.41) is 10.2. The van der Waals surface area contributed by atoms with E-state index < -0.39 is 0 Å². The Hall–Kier alpha value is -2.05. The Balaban J connectivity index is 1.98. The van der Waals surface area contributed by atoms with Crippen molar-refractivity contribution in [1.82, 2.24) is 20.0 Å². The predicted octanol–water partition coefficient (Wildman–Crippen LogP) is 1.68. The standard InChI is InChI=1S/C16H27N5O2/c1-5-8-21-10-11(9-14(21)22)17-16(23)18-15-12(6-2)13(7-3)19-20(15)4/h11H,5-10H2,1-4H3,(H2,17,18,23)/t11-/m0/s1. The van der Waals surface area contributed by atoms with E-state index in [9.17, 15) is 9.59 Å². The lowest BCUT2D eigenvalue weighted by molar-refractivity contribution is -0.127. The quantitative estimate of drug-likeness (QED) is 0.836. The number of anilines is 1. The van der Waals surface area contributed by atoms with Gasteiger partial charge in [-0.3, -0.25) is 14.8 Å². The van der Waals surface area contributed by atoms with Crippen LogP contribution in [0.5, 0.6) is 0 Å². The average molecular weight is 321 g/mol. The molecule has 0 spiro atoms. The fraction of sp³-hybridized carbons (Fsp3) is 0.688. The van der Waals surface area contributed by atoms with Crippen molar-refractivity contribution in [3.05, 3.63) is 11.3 Å². The maximum absolute atomic E-state index is 12.3. The number of aryl methyl sites for hydroxylation is 2. The third-order valence-electron chi connectivity index (χ3n) is 4.19. The van der Waals surface area contributed by atoms with Crippen LogP contribution in [0.1, 0.15) is 44.9 Å². The van der Waals surface area contributed by atoms with Gasteiger partial charge >= 0.3 is 6.03 Å². The summed E-state index contributed by atoms with van der Waals surface area (Å²) in [5.74, 6) is 0.844. The zero-order valence-electron chi connectivity index (χ0n) is 14.5. The molecule has 7 heteroatoms. The molecule has 0 unspecified atom stereocenters. The second kappa shape index (κ2) is 7.48. The maximum atomic E-state index is 12.3. The summed E-state index contributed by atoms with van der Waals surface area (Å²) in [6, 6.07) is -0.403. The summed E-state index contributed by atoms with van der Waals surface area (Å²) in [6.07, 6.45) is 2.96. The first-order valence-corrected chi connectivity index (χ1v) is 8.40. The van der Waals surface area contributed by atoms with Crippen molar-refractivity contribution < 1.29 is 9.59 Å². The normalized spacial score (nSPS) is 17.7. The minimum absolute atomic E-state index is 0.111. The molecule has 128 valence electrons. The number of hydrogen-bond acceptors (Lipinski definition) is 3. The third kappa shape index (κ3) is 3.83. The summed E-state index contributed by atoms with van der Waals surface area (Å²) in [7, 11) is 1.83. The monoisotopic (exact) mass is 321 g/mol. The molecule has 2 heterocycles. The summed E-state index contributed by atoms with van der Waals surface area (Å²) in [6.45, 7) is 7.49. The number of aromatic nitrogens is 2. The van der Waals surface area contributed by atoms with Crippen molar-refractivity contribution in [2.75, 3.05) is 18.4 Å². The van der Waals surface area contributed by atoms with Gasteiger partial charge in [0, 0.05) is 32.1 Å². The van der Waals surface area contributed by atoms with Gasteiger partial charge < -0.3 is 10.2 Å². The first-order chi connectivity index (χ1) is 11.0. The molecule has 1 aromatic heterocycles. The molecule has 1 aliphatic heterocycles. The van der Waals surface area contributed by atoms with Crippen molar-refractivity contribution in [2.24, 2.45) is 7.05 Å². The molecular formula is C16H27N5O2. The van der Waals surface area contributed by atoms with Crippen LogP contribution in [-0.2, 0) is 24.7 Å². The van der Waals surface area contributed by atoms with Gasteiger partial charge in [-0.2, -0.15) is 5.10 Å². The lowest BCUT2D eigenvalue weighted by Gasteiger charge is -2.16. The maximum Gasteiger partial charge on any atom is 0.320 e. The highest BCUT2D eigenvalue weighted by Gasteiger charge is 2.30. The van der Waals surface area contributed by atoms with Gasteiger partial charge in [-0.15, -0.1) is 0 Å². The Kier molecular flexibility index (Phi) is 5.63. The largest absolute Gasteiger partial charge is 0.341 e. The average Bonchev–Trinajstić information content (AvgIpc) is 3.00. The Labute approximate surface area is 137 Å². The fourth-order valence-electron chi connectivity index (χ4n) is 3.12. The van der Waals surface area contributed by atoms with Crippen LogP contribution in [0, 0.1) is 0 Å². The number of rotatable bonds is 6. The molecule has 0 aromatic carbocycles. The highest BCUT2D eigenvalue weighted by molar-refractivity contribution is 5.90. The van der Waals surface area contributed by atoms with Crippen LogP contribution < -0.4 is 10.6 Å². The minimum atomic E-state index is -0.276. The second-order valence-electron chi connectivity index (χ2n) is 5.94. The first-order valence-electron chi connectivity index (χ1n) is 8.40. The number of amides is 3. The van der Waals surface area contributed by atoms with E-state index in [2.05, 4.69) is 29.6 Å². The number of carbonyl (C=O) groups is 2. The zero-order chi connectivity index (χ0) is 17.0. The van der Waals surface area contributed by atoms with Gasteiger partial charge in [0.25, 0.3) is 0 Å². The van der Waals surface area contributed by atoms with Gasteiger partial charge in [-0.1, -0.05) is 20.8 Å². The zero-order valence-corrected chi connectivity index (χ0v) is 14.5. The van der Waals surface area contributed by atoms with E-state index in [-0.39, 0.29) is 18.0 Å². The molecular weight excluding hydrogens is 294 g/mol. The molecule has 2 N–H and O–H groups in total. The Morgan fingerprint density at radius 2 is 2.04 bits per heavy atom. The topological polar surface area (TPSA) is 79.3 Å². The van der Waals surface area contributed by atoms with E-state index in [1.807, 2.05) is 18.9 Å². The smallest absolute Gasteiger partial charge is 0.320 e. The van der Waals surface area contributed by atoms with Crippen LogP contribution in [-0.4, -0.2) is 45.8 Å². The molecule has 0 saturated carbocycles. The molecule has 7 nitrogen and oxygen atoms in total. The van der Waals surface area contributed by atoms with E-state index in [0.29, 0.717) is 13.0 Å². The number of nitrogens with zero attached hydrogens (tertiary/aromatic N) is 3. The van der Waals surface area contributed by atoms with Crippen LogP contribution in [0.25, 0.3) is 0 Å².